The Morgan fingerprint density at radius 3 is 2.38 bits per heavy atom. The first kappa shape index (κ1) is 18.7. The number of anilines is 1. The van der Waals surface area contributed by atoms with E-state index in [4.69, 9.17) is 23.2 Å². The molecule has 1 atom stereocenters. The van der Waals surface area contributed by atoms with Crippen molar-refractivity contribution in [3.05, 3.63) is 64.1 Å². The Labute approximate surface area is 163 Å². The van der Waals surface area contributed by atoms with Crippen LogP contribution in [0.2, 0.25) is 10.0 Å². The molecule has 6 heteroatoms. The number of hydrogen-bond donors (Lipinski definition) is 0. The number of para-hydroxylation sites is 1. The summed E-state index contributed by atoms with van der Waals surface area (Å²) in [6.07, 6.45) is 0.172. The molecule has 26 heavy (non-hydrogen) atoms. The van der Waals surface area contributed by atoms with Gasteiger partial charge in [-0.25, -0.2) is 0 Å². The topological polar surface area (TPSA) is 40.6 Å². The third-order valence-corrected chi connectivity index (χ3v) is 5.20. The molecule has 0 N–H and O–H groups in total. The second-order valence-corrected chi connectivity index (χ2v) is 7.13. The summed E-state index contributed by atoms with van der Waals surface area (Å²) in [5, 5.41) is 0.825. The van der Waals surface area contributed by atoms with Gasteiger partial charge in [0.15, 0.2) is 0 Å². The van der Waals surface area contributed by atoms with Gasteiger partial charge in [0.05, 0.1) is 21.7 Å². The second kappa shape index (κ2) is 8.11. The van der Waals surface area contributed by atoms with E-state index in [-0.39, 0.29) is 18.2 Å². The van der Waals surface area contributed by atoms with Crippen LogP contribution < -0.4 is 4.90 Å². The zero-order chi connectivity index (χ0) is 18.7. The van der Waals surface area contributed by atoms with E-state index >= 15 is 0 Å². The van der Waals surface area contributed by atoms with Gasteiger partial charge in [-0.15, -0.1) is 0 Å². The molecular formula is C20H20Cl2N2O2. The van der Waals surface area contributed by atoms with Crippen LogP contribution in [0.15, 0.2) is 48.5 Å². The van der Waals surface area contributed by atoms with Gasteiger partial charge < -0.3 is 9.80 Å². The summed E-state index contributed by atoms with van der Waals surface area (Å²) in [6.45, 7) is 3.37. The highest BCUT2D eigenvalue weighted by Crippen LogP contribution is 2.37. The molecule has 3 rings (SSSR count). The molecule has 1 saturated heterocycles. The number of carbonyl (C=O) groups excluding carboxylic acids is 2. The average Bonchev–Trinajstić information content (AvgIpc) is 3.01. The van der Waals surface area contributed by atoms with Crippen molar-refractivity contribution in [3.63, 3.8) is 0 Å². The Kier molecular flexibility index (Phi) is 5.84. The molecule has 1 heterocycles. The van der Waals surface area contributed by atoms with Crippen LogP contribution in [0, 0.1) is 5.92 Å². The van der Waals surface area contributed by atoms with Crippen LogP contribution in [0.4, 0.5) is 5.69 Å². The highest BCUT2D eigenvalue weighted by atomic mass is 35.5. The lowest BCUT2D eigenvalue weighted by molar-refractivity contribution is -0.136. The highest BCUT2D eigenvalue weighted by Gasteiger charge is 2.38. The fourth-order valence-electron chi connectivity index (χ4n) is 3.24. The van der Waals surface area contributed by atoms with Gasteiger partial charge in [0, 0.05) is 26.1 Å². The smallest absolute Gasteiger partial charge is 0.228 e. The standard InChI is InChI=1S/C20H20Cl2N2O2/c1-2-23(12-14-7-4-3-5-8-14)20(26)15-11-18(25)24(13-15)19-16(21)9-6-10-17(19)22/h3-10,15H,2,11-13H2,1H3. The summed E-state index contributed by atoms with van der Waals surface area (Å²) in [5.74, 6) is -0.539. The molecule has 2 aromatic rings. The quantitative estimate of drug-likeness (QED) is 0.758. The van der Waals surface area contributed by atoms with Gasteiger partial charge in [-0.3, -0.25) is 9.59 Å². The van der Waals surface area contributed by atoms with Crippen molar-refractivity contribution in [2.24, 2.45) is 5.92 Å². The average molecular weight is 391 g/mol. The fraction of sp³-hybridized carbons (Fsp3) is 0.300. The van der Waals surface area contributed by atoms with Gasteiger partial charge in [-0.2, -0.15) is 0 Å². The maximum Gasteiger partial charge on any atom is 0.228 e. The van der Waals surface area contributed by atoms with E-state index in [0.717, 1.165) is 5.56 Å². The Hall–Kier alpha value is -2.04. The zero-order valence-electron chi connectivity index (χ0n) is 14.5. The first-order valence-corrected chi connectivity index (χ1v) is 9.34. The van der Waals surface area contributed by atoms with Gasteiger partial charge in [-0.1, -0.05) is 59.6 Å². The molecule has 4 nitrogen and oxygen atoms in total. The van der Waals surface area contributed by atoms with Crippen LogP contribution in [-0.2, 0) is 16.1 Å². The maximum absolute atomic E-state index is 13.0. The minimum absolute atomic E-state index is 0.0182. The van der Waals surface area contributed by atoms with Crippen molar-refractivity contribution < 1.29 is 9.59 Å². The third kappa shape index (κ3) is 3.87. The molecule has 2 aromatic carbocycles. The van der Waals surface area contributed by atoms with E-state index < -0.39 is 5.92 Å². The molecule has 1 fully saturated rings. The van der Waals surface area contributed by atoms with Gasteiger partial charge in [0.1, 0.15) is 0 Å². The summed E-state index contributed by atoms with van der Waals surface area (Å²) < 4.78 is 0. The SMILES string of the molecule is CCN(Cc1ccccc1)C(=O)C1CC(=O)N(c2c(Cl)cccc2Cl)C1. The molecule has 1 aliphatic rings. The van der Waals surface area contributed by atoms with Crippen molar-refractivity contribution in [2.45, 2.75) is 19.9 Å². The lowest BCUT2D eigenvalue weighted by atomic mass is 10.1. The second-order valence-electron chi connectivity index (χ2n) is 6.31. The van der Waals surface area contributed by atoms with Crippen molar-refractivity contribution in [1.82, 2.24) is 4.90 Å². The molecule has 1 unspecified atom stereocenters. The Morgan fingerprint density at radius 1 is 1.12 bits per heavy atom. The van der Waals surface area contributed by atoms with Crippen molar-refractivity contribution in [1.29, 1.82) is 0 Å². The van der Waals surface area contributed by atoms with Crippen LogP contribution in [0.25, 0.3) is 0 Å². The predicted molar refractivity (Wildman–Crippen MR) is 104 cm³/mol. The first-order valence-electron chi connectivity index (χ1n) is 8.58. The molecule has 0 saturated carbocycles. The van der Waals surface area contributed by atoms with Crippen LogP contribution in [0.1, 0.15) is 18.9 Å². The predicted octanol–water partition coefficient (Wildman–Crippen LogP) is 4.40. The Balaban J connectivity index is 1.76. The van der Waals surface area contributed by atoms with Crippen LogP contribution in [0.3, 0.4) is 0 Å². The van der Waals surface area contributed by atoms with E-state index in [1.54, 1.807) is 23.1 Å². The molecule has 0 aromatic heterocycles. The largest absolute Gasteiger partial charge is 0.338 e. The lowest BCUT2D eigenvalue weighted by Crippen LogP contribution is -2.37. The van der Waals surface area contributed by atoms with Gasteiger partial charge in [0.25, 0.3) is 0 Å². The lowest BCUT2D eigenvalue weighted by Gasteiger charge is -2.25. The molecule has 0 aliphatic carbocycles. The van der Waals surface area contributed by atoms with Crippen molar-refractivity contribution in [2.75, 3.05) is 18.0 Å². The number of rotatable bonds is 5. The van der Waals surface area contributed by atoms with Crippen molar-refractivity contribution in [3.8, 4) is 0 Å². The summed E-state index contributed by atoms with van der Waals surface area (Å²) >= 11 is 12.5. The van der Waals surface area contributed by atoms with Crippen LogP contribution >= 0.6 is 23.2 Å². The van der Waals surface area contributed by atoms with Gasteiger partial charge in [0.2, 0.25) is 11.8 Å². The fourth-order valence-corrected chi connectivity index (χ4v) is 3.85. The monoisotopic (exact) mass is 390 g/mol. The van der Waals surface area contributed by atoms with E-state index in [2.05, 4.69) is 0 Å². The summed E-state index contributed by atoms with van der Waals surface area (Å²) in [6, 6.07) is 15.0. The molecule has 0 radical (unpaired) electrons. The third-order valence-electron chi connectivity index (χ3n) is 4.59. The number of nitrogens with zero attached hydrogens (tertiary/aromatic N) is 2. The zero-order valence-corrected chi connectivity index (χ0v) is 16.0. The maximum atomic E-state index is 13.0. The number of amides is 2. The number of hydrogen-bond acceptors (Lipinski definition) is 2. The van der Waals surface area contributed by atoms with E-state index in [1.165, 1.54) is 4.90 Å². The van der Waals surface area contributed by atoms with Crippen LogP contribution in [0.5, 0.6) is 0 Å². The van der Waals surface area contributed by atoms with E-state index in [1.807, 2.05) is 37.3 Å². The van der Waals surface area contributed by atoms with Gasteiger partial charge in [-0.05, 0) is 24.6 Å². The first-order chi connectivity index (χ1) is 12.5. The number of carbonyl (C=O) groups is 2. The minimum Gasteiger partial charge on any atom is -0.338 e. The molecule has 2 amide bonds. The molecule has 1 aliphatic heterocycles. The van der Waals surface area contributed by atoms with E-state index in [0.29, 0.717) is 35.4 Å². The number of benzene rings is 2. The Morgan fingerprint density at radius 2 is 1.77 bits per heavy atom. The van der Waals surface area contributed by atoms with Crippen LogP contribution in [-0.4, -0.2) is 29.8 Å². The molecular weight excluding hydrogens is 371 g/mol. The molecule has 136 valence electrons. The summed E-state index contributed by atoms with van der Waals surface area (Å²) in [4.78, 5) is 28.8. The normalized spacial score (nSPS) is 16.8. The highest BCUT2D eigenvalue weighted by molar-refractivity contribution is 6.40. The van der Waals surface area contributed by atoms with E-state index in [9.17, 15) is 9.59 Å². The molecule has 0 spiro atoms. The van der Waals surface area contributed by atoms with Gasteiger partial charge >= 0.3 is 0 Å². The summed E-state index contributed by atoms with van der Waals surface area (Å²) in [7, 11) is 0. The van der Waals surface area contributed by atoms with Crippen molar-refractivity contribution >= 4 is 40.7 Å². The molecule has 0 bridgehead atoms. The number of halogens is 2. The Bertz CT molecular complexity index is 790. The minimum atomic E-state index is -0.390. The summed E-state index contributed by atoms with van der Waals surface area (Å²) in [5.41, 5.74) is 1.56.